The maximum absolute atomic E-state index is 13.2. The second kappa shape index (κ2) is 4.31. The molecule has 0 aliphatic heterocycles. The predicted octanol–water partition coefficient (Wildman–Crippen LogP) is 1.85. The van der Waals surface area contributed by atoms with E-state index >= 15 is 0 Å². The summed E-state index contributed by atoms with van der Waals surface area (Å²) in [5.41, 5.74) is -0.776. The van der Waals surface area contributed by atoms with E-state index in [4.69, 9.17) is 0 Å². The van der Waals surface area contributed by atoms with Crippen molar-refractivity contribution in [3.8, 4) is 0 Å². The van der Waals surface area contributed by atoms with Gasteiger partial charge < -0.3 is 0 Å². The van der Waals surface area contributed by atoms with E-state index in [1.807, 2.05) is 0 Å². The first-order valence-electron chi connectivity index (χ1n) is 5.80. The molecule has 5 nitrogen and oxygen atoms in total. The number of hydrogen-bond donors (Lipinski definition) is 1. The Morgan fingerprint density at radius 2 is 1.62 bits per heavy atom. The van der Waals surface area contributed by atoms with Crippen LogP contribution in [0.25, 0.3) is 0 Å². The van der Waals surface area contributed by atoms with Crippen LogP contribution in [-0.4, -0.2) is 24.5 Å². The third-order valence-corrected chi connectivity index (χ3v) is 4.14. The van der Waals surface area contributed by atoms with E-state index in [0.29, 0.717) is 0 Å². The van der Waals surface area contributed by atoms with E-state index in [1.54, 1.807) is 0 Å². The van der Waals surface area contributed by atoms with Crippen LogP contribution in [0.15, 0.2) is 41.3 Å². The van der Waals surface area contributed by atoms with Crippen LogP contribution in [-0.2, 0) is 10.1 Å². The molecule has 0 saturated carbocycles. The van der Waals surface area contributed by atoms with Gasteiger partial charge in [0.2, 0.25) is 0 Å². The molecule has 0 amide bonds. The van der Waals surface area contributed by atoms with Gasteiger partial charge in [-0.05, 0) is 24.3 Å². The highest BCUT2D eigenvalue weighted by Crippen LogP contribution is 2.31. The normalized spacial score (nSPS) is 13.8. The van der Waals surface area contributed by atoms with Crippen molar-refractivity contribution in [3.63, 3.8) is 0 Å². The standard InChI is InChI=1S/C14H7FO5S/c15-7-4-5-8-10(6-7)13(16)9-2-1-3-11(21(18,19)20)12(9)14(8)17/h1-6H,(H,18,19,20). The van der Waals surface area contributed by atoms with Gasteiger partial charge in [-0.25, -0.2) is 4.39 Å². The van der Waals surface area contributed by atoms with Crippen LogP contribution in [0.3, 0.4) is 0 Å². The third-order valence-electron chi connectivity index (χ3n) is 3.25. The highest BCUT2D eigenvalue weighted by Gasteiger charge is 2.34. The van der Waals surface area contributed by atoms with Crippen LogP contribution >= 0.6 is 0 Å². The van der Waals surface area contributed by atoms with Crippen molar-refractivity contribution in [2.24, 2.45) is 0 Å². The van der Waals surface area contributed by atoms with Gasteiger partial charge in [0, 0.05) is 16.7 Å². The van der Waals surface area contributed by atoms with E-state index < -0.39 is 32.4 Å². The number of carbonyl (C=O) groups excluding carboxylic acids is 2. The molecule has 0 heterocycles. The molecule has 0 aromatic heterocycles. The molecule has 1 aliphatic rings. The Bertz CT molecular complexity index is 915. The Kier molecular flexibility index (Phi) is 2.79. The van der Waals surface area contributed by atoms with Gasteiger partial charge in [-0.15, -0.1) is 0 Å². The summed E-state index contributed by atoms with van der Waals surface area (Å²) in [4.78, 5) is 24.0. The fourth-order valence-corrected chi connectivity index (χ4v) is 3.06. The summed E-state index contributed by atoms with van der Waals surface area (Å²) in [6.07, 6.45) is 0. The maximum Gasteiger partial charge on any atom is 0.295 e. The molecule has 3 rings (SSSR count). The van der Waals surface area contributed by atoms with Gasteiger partial charge >= 0.3 is 0 Å². The summed E-state index contributed by atoms with van der Waals surface area (Å²) in [6.45, 7) is 0. The number of halogens is 1. The van der Waals surface area contributed by atoms with Crippen LogP contribution in [0, 0.1) is 5.82 Å². The molecule has 0 bridgehead atoms. The molecule has 0 saturated heterocycles. The topological polar surface area (TPSA) is 88.5 Å². The van der Waals surface area contributed by atoms with Gasteiger partial charge in [-0.2, -0.15) is 8.42 Å². The van der Waals surface area contributed by atoms with Crippen molar-refractivity contribution in [2.45, 2.75) is 4.90 Å². The molecule has 0 unspecified atom stereocenters. The first kappa shape index (κ1) is 13.6. The third kappa shape index (κ3) is 1.98. The van der Waals surface area contributed by atoms with Gasteiger partial charge in [0.05, 0.1) is 5.56 Å². The number of fused-ring (bicyclic) bond motifs is 2. The average Bonchev–Trinajstić information content (AvgIpc) is 2.43. The number of hydrogen-bond acceptors (Lipinski definition) is 4. The molecular weight excluding hydrogens is 299 g/mol. The molecule has 2 aromatic rings. The monoisotopic (exact) mass is 306 g/mol. The largest absolute Gasteiger partial charge is 0.295 e. The maximum atomic E-state index is 13.2. The zero-order chi connectivity index (χ0) is 15.4. The number of ketones is 2. The molecule has 1 N–H and O–H groups in total. The molecule has 106 valence electrons. The van der Waals surface area contributed by atoms with E-state index in [-0.39, 0.29) is 22.3 Å². The fourth-order valence-electron chi connectivity index (χ4n) is 2.35. The zero-order valence-electron chi connectivity index (χ0n) is 10.3. The minimum absolute atomic E-state index is 0.0926. The van der Waals surface area contributed by atoms with Gasteiger partial charge in [0.15, 0.2) is 11.6 Å². The Labute approximate surface area is 118 Å². The van der Waals surface area contributed by atoms with Crippen molar-refractivity contribution in [2.75, 3.05) is 0 Å². The van der Waals surface area contributed by atoms with Gasteiger partial charge in [0.1, 0.15) is 10.7 Å². The predicted molar refractivity (Wildman–Crippen MR) is 69.5 cm³/mol. The molecule has 7 heteroatoms. The SMILES string of the molecule is O=C1c2cc(F)ccc2C(=O)c2c1cccc2S(=O)(=O)O. The molecule has 0 radical (unpaired) electrons. The van der Waals surface area contributed by atoms with Crippen molar-refractivity contribution in [1.29, 1.82) is 0 Å². The molecular formula is C14H7FO5S. The number of benzene rings is 2. The lowest BCUT2D eigenvalue weighted by atomic mass is 9.84. The van der Waals surface area contributed by atoms with Crippen molar-refractivity contribution < 1.29 is 27.0 Å². The summed E-state index contributed by atoms with van der Waals surface area (Å²) in [7, 11) is -4.66. The van der Waals surface area contributed by atoms with E-state index in [1.165, 1.54) is 12.1 Å². The smallest absolute Gasteiger partial charge is 0.289 e. The Balaban J connectivity index is 2.39. The van der Waals surface area contributed by atoms with Crippen molar-refractivity contribution in [3.05, 3.63) is 64.5 Å². The summed E-state index contributed by atoms with van der Waals surface area (Å²) < 4.78 is 45.1. The molecule has 21 heavy (non-hydrogen) atoms. The lowest BCUT2D eigenvalue weighted by Crippen LogP contribution is -2.23. The van der Waals surface area contributed by atoms with Gasteiger partial charge in [0.25, 0.3) is 10.1 Å². The van der Waals surface area contributed by atoms with Crippen LogP contribution in [0.2, 0.25) is 0 Å². The highest BCUT2D eigenvalue weighted by molar-refractivity contribution is 7.86. The minimum Gasteiger partial charge on any atom is -0.289 e. The lowest BCUT2D eigenvalue weighted by Gasteiger charge is -2.18. The van der Waals surface area contributed by atoms with E-state index in [2.05, 4.69) is 0 Å². The fraction of sp³-hybridized carbons (Fsp3) is 0. The first-order valence-corrected chi connectivity index (χ1v) is 7.24. The summed E-state index contributed by atoms with van der Waals surface area (Å²) in [5.74, 6) is -2.08. The first-order chi connectivity index (χ1) is 9.80. The molecule has 0 spiro atoms. The number of rotatable bonds is 1. The van der Waals surface area contributed by atoms with Crippen LogP contribution in [0.5, 0.6) is 0 Å². The molecule has 1 aliphatic carbocycles. The Hall–Kier alpha value is -2.38. The Morgan fingerprint density at radius 3 is 2.29 bits per heavy atom. The second-order valence-corrected chi connectivity index (χ2v) is 5.89. The van der Waals surface area contributed by atoms with Crippen LogP contribution in [0.1, 0.15) is 31.8 Å². The Morgan fingerprint density at radius 1 is 0.905 bits per heavy atom. The highest BCUT2D eigenvalue weighted by atomic mass is 32.2. The minimum atomic E-state index is -4.66. The van der Waals surface area contributed by atoms with Crippen LogP contribution < -0.4 is 0 Å². The quantitative estimate of drug-likeness (QED) is 0.693. The van der Waals surface area contributed by atoms with E-state index in [9.17, 15) is 27.0 Å². The summed E-state index contributed by atoms with van der Waals surface area (Å²) in [5, 5.41) is 0. The van der Waals surface area contributed by atoms with Crippen molar-refractivity contribution >= 4 is 21.7 Å². The summed E-state index contributed by atoms with van der Waals surface area (Å²) >= 11 is 0. The molecule has 2 aromatic carbocycles. The second-order valence-electron chi connectivity index (χ2n) is 4.50. The summed E-state index contributed by atoms with van der Waals surface area (Å²) in [6, 6.07) is 6.58. The number of carbonyl (C=O) groups is 2. The van der Waals surface area contributed by atoms with Crippen molar-refractivity contribution in [1.82, 2.24) is 0 Å². The zero-order valence-corrected chi connectivity index (χ0v) is 11.1. The van der Waals surface area contributed by atoms with Crippen LogP contribution in [0.4, 0.5) is 4.39 Å². The molecule has 0 atom stereocenters. The van der Waals surface area contributed by atoms with Gasteiger partial charge in [-0.3, -0.25) is 14.1 Å². The van der Waals surface area contributed by atoms with Gasteiger partial charge in [-0.1, -0.05) is 12.1 Å². The lowest BCUT2D eigenvalue weighted by molar-refractivity contribution is 0.0976. The van der Waals surface area contributed by atoms with E-state index in [0.717, 1.165) is 24.3 Å². The average molecular weight is 306 g/mol. The molecule has 0 fully saturated rings.